The molecule has 4 aliphatic heterocycles. The fourth-order valence-electron chi connectivity index (χ4n) is 5.18. The Morgan fingerprint density at radius 3 is 2.63 bits per heavy atom. The number of rotatable bonds is 1. The minimum Gasteiger partial charge on any atom is -0.319 e. The van der Waals surface area contributed by atoms with E-state index in [1.165, 1.54) is 32.7 Å². The van der Waals surface area contributed by atoms with Gasteiger partial charge in [-0.25, -0.2) is 0 Å². The number of hydrogen-bond donors (Lipinski definition) is 0. The van der Waals surface area contributed by atoms with Crippen molar-refractivity contribution in [1.29, 1.82) is 5.26 Å². The zero-order valence-corrected chi connectivity index (χ0v) is 17.2. The highest BCUT2D eigenvalue weighted by atomic mass is 33.1. The molecular formula is C20H21N3O2S2. The second-order valence-electron chi connectivity index (χ2n) is 8.46. The van der Waals surface area contributed by atoms with Gasteiger partial charge in [-0.2, -0.15) is 5.26 Å². The maximum atomic E-state index is 13.6. The number of benzene rings is 1. The van der Waals surface area contributed by atoms with Gasteiger partial charge in [0.05, 0.1) is 17.5 Å². The molecular weight excluding hydrogens is 378 g/mol. The number of carbonyl (C=O) groups is 2. The third-order valence-electron chi connectivity index (χ3n) is 6.79. The molecule has 1 aromatic rings. The van der Waals surface area contributed by atoms with Gasteiger partial charge in [0.1, 0.15) is 0 Å². The zero-order chi connectivity index (χ0) is 19.2. The lowest BCUT2D eigenvalue weighted by atomic mass is 9.79. The van der Waals surface area contributed by atoms with Crippen LogP contribution in [0.2, 0.25) is 0 Å². The average Bonchev–Trinajstić information content (AvgIpc) is 3.23. The Hall–Kier alpha value is -1.65. The van der Waals surface area contributed by atoms with E-state index in [1.54, 1.807) is 16.8 Å². The minimum atomic E-state index is -0.984. The van der Waals surface area contributed by atoms with Crippen molar-refractivity contribution in [3.05, 3.63) is 34.9 Å². The van der Waals surface area contributed by atoms with Crippen molar-refractivity contribution in [2.24, 2.45) is 5.41 Å². The van der Waals surface area contributed by atoms with E-state index in [2.05, 4.69) is 24.3 Å². The first-order valence-electron chi connectivity index (χ1n) is 9.29. The lowest BCUT2D eigenvalue weighted by Crippen LogP contribution is -2.73. The van der Waals surface area contributed by atoms with E-state index in [-0.39, 0.29) is 11.8 Å². The Morgan fingerprint density at radius 2 is 1.89 bits per heavy atom. The number of amides is 2. The van der Waals surface area contributed by atoms with Crippen LogP contribution in [-0.2, 0) is 22.4 Å². The lowest BCUT2D eigenvalue weighted by Gasteiger charge is -2.57. The summed E-state index contributed by atoms with van der Waals surface area (Å²) in [6, 6.07) is 8.45. The second-order valence-corrected chi connectivity index (χ2v) is 11.3. The molecule has 0 saturated carbocycles. The molecule has 4 fully saturated rings. The number of nitriles is 1. The molecule has 0 aromatic heterocycles. The van der Waals surface area contributed by atoms with Crippen molar-refractivity contribution in [1.82, 2.24) is 9.80 Å². The molecule has 7 heteroatoms. The Balaban J connectivity index is 1.71. The molecule has 1 spiro atoms. The maximum Gasteiger partial charge on any atom is 0.261 e. The van der Waals surface area contributed by atoms with Crippen LogP contribution in [-0.4, -0.2) is 38.4 Å². The molecule has 4 heterocycles. The van der Waals surface area contributed by atoms with Crippen LogP contribution in [0.25, 0.3) is 0 Å². The van der Waals surface area contributed by atoms with Crippen molar-refractivity contribution in [3.8, 4) is 6.07 Å². The first-order chi connectivity index (χ1) is 12.8. The second kappa shape index (κ2) is 5.24. The molecule has 4 atom stereocenters. The fourth-order valence-corrected chi connectivity index (χ4v) is 8.76. The van der Waals surface area contributed by atoms with Crippen molar-refractivity contribution < 1.29 is 9.59 Å². The molecule has 1 aromatic carbocycles. The number of fused-ring (bicyclic) bond motifs is 3. The van der Waals surface area contributed by atoms with Gasteiger partial charge in [-0.1, -0.05) is 39.8 Å². The van der Waals surface area contributed by atoms with E-state index in [1.807, 2.05) is 13.8 Å². The first-order valence-corrected chi connectivity index (χ1v) is 11.4. The van der Waals surface area contributed by atoms with Crippen LogP contribution >= 0.6 is 21.6 Å². The van der Waals surface area contributed by atoms with Crippen LogP contribution in [0, 0.1) is 16.7 Å². The van der Waals surface area contributed by atoms with Crippen LogP contribution in [0.4, 0.5) is 0 Å². The summed E-state index contributed by atoms with van der Waals surface area (Å²) in [6.45, 7) is 3.72. The van der Waals surface area contributed by atoms with Crippen molar-refractivity contribution in [2.45, 2.75) is 55.3 Å². The normalized spacial score (nSPS) is 39.6. The fraction of sp³-hybridized carbons (Fsp3) is 0.550. The van der Waals surface area contributed by atoms with Crippen LogP contribution in [0.15, 0.2) is 18.2 Å². The Labute approximate surface area is 166 Å². The standard InChI is InChI=1S/C20H21N3O2S2/c1-18(11-21)10-20-17(25)22(3)19(2,26-27-20)16(24)23(20)15(18)14-8-7-12-5-4-6-13(12)9-14/h7-9,15H,4-6,10H2,1-3H3/t15?,18-,19?,20?/m1/s1. The average molecular weight is 400 g/mol. The number of nitrogens with zero attached hydrogens (tertiary/aromatic N) is 3. The largest absolute Gasteiger partial charge is 0.319 e. The number of carbonyl (C=O) groups excluding carboxylic acids is 2. The van der Waals surface area contributed by atoms with E-state index in [4.69, 9.17) is 0 Å². The molecule has 0 radical (unpaired) electrons. The zero-order valence-electron chi connectivity index (χ0n) is 15.6. The molecule has 3 unspecified atom stereocenters. The summed E-state index contributed by atoms with van der Waals surface area (Å²) in [5.74, 6) is -0.115. The maximum absolute atomic E-state index is 13.6. The van der Waals surface area contributed by atoms with E-state index in [0.29, 0.717) is 6.42 Å². The third-order valence-corrected chi connectivity index (χ3v) is 10.5. The molecule has 2 bridgehead atoms. The van der Waals surface area contributed by atoms with Gasteiger partial charge in [0.25, 0.3) is 11.8 Å². The molecule has 5 aliphatic rings. The van der Waals surface area contributed by atoms with E-state index in [9.17, 15) is 14.9 Å². The van der Waals surface area contributed by atoms with Gasteiger partial charge in [-0.15, -0.1) is 0 Å². The molecule has 1 aliphatic carbocycles. The van der Waals surface area contributed by atoms with Gasteiger partial charge in [0.2, 0.25) is 0 Å². The molecule has 5 nitrogen and oxygen atoms in total. The van der Waals surface area contributed by atoms with Gasteiger partial charge < -0.3 is 9.80 Å². The summed E-state index contributed by atoms with van der Waals surface area (Å²) in [6.07, 6.45) is 3.65. The Kier molecular flexibility index (Phi) is 3.38. The molecule has 4 saturated heterocycles. The van der Waals surface area contributed by atoms with Crippen LogP contribution in [0.3, 0.4) is 0 Å². The number of aryl methyl sites for hydroxylation is 2. The van der Waals surface area contributed by atoms with Gasteiger partial charge in [-0.3, -0.25) is 9.59 Å². The molecule has 140 valence electrons. The summed E-state index contributed by atoms with van der Waals surface area (Å²) in [5, 5.41) is 10.1. The smallest absolute Gasteiger partial charge is 0.261 e. The predicted octanol–water partition coefficient (Wildman–Crippen LogP) is 3.26. The summed E-state index contributed by atoms with van der Waals surface area (Å²) in [7, 11) is 4.63. The van der Waals surface area contributed by atoms with E-state index >= 15 is 0 Å². The highest BCUT2D eigenvalue weighted by molar-refractivity contribution is 8.78. The lowest BCUT2D eigenvalue weighted by molar-refractivity contribution is -0.164. The Morgan fingerprint density at radius 1 is 1.15 bits per heavy atom. The summed E-state index contributed by atoms with van der Waals surface area (Å²) in [4.78, 5) is 28.3. The quantitative estimate of drug-likeness (QED) is 0.678. The minimum absolute atomic E-state index is 0.0570. The molecule has 6 rings (SSSR count). The predicted molar refractivity (Wildman–Crippen MR) is 105 cm³/mol. The molecule has 2 amide bonds. The van der Waals surface area contributed by atoms with Gasteiger partial charge in [0.15, 0.2) is 9.74 Å². The van der Waals surface area contributed by atoms with E-state index < -0.39 is 21.2 Å². The number of piperazine rings is 1. The monoisotopic (exact) mass is 399 g/mol. The van der Waals surface area contributed by atoms with Gasteiger partial charge >= 0.3 is 0 Å². The highest BCUT2D eigenvalue weighted by Crippen LogP contribution is 2.69. The van der Waals surface area contributed by atoms with Crippen molar-refractivity contribution in [3.63, 3.8) is 0 Å². The SMILES string of the molecule is CN1C(=O)C23C[C@](C)(C#N)C(c4ccc5c(c4)CCC5)N2C(=O)C1(C)SS3. The first kappa shape index (κ1) is 17.4. The summed E-state index contributed by atoms with van der Waals surface area (Å²) < 4.78 is 0. The molecule has 27 heavy (non-hydrogen) atoms. The summed E-state index contributed by atoms with van der Waals surface area (Å²) >= 11 is 0. The number of hydrogen-bond acceptors (Lipinski definition) is 5. The van der Waals surface area contributed by atoms with Crippen molar-refractivity contribution >= 4 is 33.4 Å². The highest BCUT2D eigenvalue weighted by Gasteiger charge is 2.74. The van der Waals surface area contributed by atoms with Crippen LogP contribution in [0.1, 0.15) is 49.4 Å². The van der Waals surface area contributed by atoms with Gasteiger partial charge in [-0.05, 0) is 49.8 Å². The van der Waals surface area contributed by atoms with Crippen molar-refractivity contribution in [2.75, 3.05) is 7.05 Å². The van der Waals surface area contributed by atoms with Gasteiger partial charge in [0, 0.05) is 13.5 Å². The third kappa shape index (κ3) is 1.93. The Bertz CT molecular complexity index is 944. The van der Waals surface area contributed by atoms with Crippen LogP contribution in [0.5, 0.6) is 0 Å². The van der Waals surface area contributed by atoms with E-state index in [0.717, 1.165) is 24.8 Å². The summed E-state index contributed by atoms with van der Waals surface area (Å²) in [5.41, 5.74) is 2.87. The topological polar surface area (TPSA) is 64.4 Å². The molecule has 0 N–H and O–H groups in total. The van der Waals surface area contributed by atoms with Crippen LogP contribution < -0.4 is 0 Å². The number of likely N-dealkylation sites (N-methyl/N-ethyl adjacent to an activating group) is 1.